The minimum absolute atomic E-state index is 0.0281. The molecule has 0 radical (unpaired) electrons. The average molecular weight is 260 g/mol. The lowest BCUT2D eigenvalue weighted by molar-refractivity contribution is 0.177. The molecule has 104 valence electrons. The Bertz CT molecular complexity index is 398. The Hall–Kier alpha value is -1.51. The van der Waals surface area contributed by atoms with Gasteiger partial charge in [-0.2, -0.15) is 0 Å². The van der Waals surface area contributed by atoms with Gasteiger partial charge < -0.3 is 10.6 Å². The average Bonchev–Trinajstić information content (AvgIpc) is 2.40. The highest BCUT2D eigenvalue weighted by atomic mass is 16.2. The number of carbonyl (C=O) groups is 1. The third-order valence-electron chi connectivity index (χ3n) is 3.95. The standard InChI is InChI=1S/C16H24N2O/c1-2-3-7-13-17-15(19)18-16(11-8-12-16)14-9-5-4-6-10-14/h4-6,9-10H,2-3,7-8,11-13H2,1H3,(H2,17,18,19). The minimum atomic E-state index is -0.129. The summed E-state index contributed by atoms with van der Waals surface area (Å²) in [6, 6.07) is 10.3. The van der Waals surface area contributed by atoms with Gasteiger partial charge in [-0.25, -0.2) is 4.79 Å². The van der Waals surface area contributed by atoms with E-state index in [4.69, 9.17) is 0 Å². The number of carbonyl (C=O) groups excluding carboxylic acids is 1. The summed E-state index contributed by atoms with van der Waals surface area (Å²) in [4.78, 5) is 12.0. The molecule has 3 nitrogen and oxygen atoms in total. The zero-order valence-corrected chi connectivity index (χ0v) is 11.7. The van der Waals surface area contributed by atoms with Crippen molar-refractivity contribution in [3.63, 3.8) is 0 Å². The Kier molecular flexibility index (Phi) is 4.83. The first-order valence-corrected chi connectivity index (χ1v) is 7.38. The fourth-order valence-electron chi connectivity index (χ4n) is 2.61. The van der Waals surface area contributed by atoms with E-state index in [2.05, 4.69) is 29.7 Å². The Morgan fingerprint density at radius 3 is 2.53 bits per heavy atom. The number of urea groups is 1. The summed E-state index contributed by atoms with van der Waals surface area (Å²) in [5, 5.41) is 6.13. The van der Waals surface area contributed by atoms with Crippen LogP contribution in [-0.4, -0.2) is 12.6 Å². The minimum Gasteiger partial charge on any atom is -0.338 e. The first-order valence-electron chi connectivity index (χ1n) is 7.38. The highest BCUT2D eigenvalue weighted by Crippen LogP contribution is 2.40. The Labute approximate surface area is 115 Å². The van der Waals surface area contributed by atoms with E-state index < -0.39 is 0 Å². The summed E-state index contributed by atoms with van der Waals surface area (Å²) < 4.78 is 0. The van der Waals surface area contributed by atoms with E-state index in [-0.39, 0.29) is 11.6 Å². The quantitative estimate of drug-likeness (QED) is 0.754. The van der Waals surface area contributed by atoms with Crippen LogP contribution in [0.4, 0.5) is 4.79 Å². The Balaban J connectivity index is 1.87. The zero-order chi connectivity index (χ0) is 13.6. The predicted molar refractivity (Wildman–Crippen MR) is 78.0 cm³/mol. The summed E-state index contributed by atoms with van der Waals surface area (Å²) in [6.07, 6.45) is 6.67. The molecule has 2 amide bonds. The van der Waals surface area contributed by atoms with E-state index in [0.29, 0.717) is 0 Å². The third-order valence-corrected chi connectivity index (χ3v) is 3.95. The van der Waals surface area contributed by atoms with E-state index in [1.165, 1.54) is 24.8 Å². The topological polar surface area (TPSA) is 41.1 Å². The van der Waals surface area contributed by atoms with Gasteiger partial charge in [0.05, 0.1) is 5.54 Å². The molecule has 0 atom stereocenters. The normalized spacial score (nSPS) is 16.5. The summed E-state index contributed by atoms with van der Waals surface area (Å²) in [5.41, 5.74) is 1.10. The van der Waals surface area contributed by atoms with Gasteiger partial charge in [0.1, 0.15) is 0 Å². The first kappa shape index (κ1) is 13.9. The second-order valence-corrected chi connectivity index (χ2v) is 5.39. The highest BCUT2D eigenvalue weighted by Gasteiger charge is 2.39. The van der Waals surface area contributed by atoms with Gasteiger partial charge in [-0.15, -0.1) is 0 Å². The monoisotopic (exact) mass is 260 g/mol. The molecule has 0 heterocycles. The molecule has 19 heavy (non-hydrogen) atoms. The number of unbranched alkanes of at least 4 members (excludes halogenated alkanes) is 2. The van der Waals surface area contributed by atoms with E-state index in [1.54, 1.807) is 0 Å². The van der Waals surface area contributed by atoms with Crippen LogP contribution in [0.1, 0.15) is 51.0 Å². The Morgan fingerprint density at radius 1 is 1.21 bits per heavy atom. The van der Waals surface area contributed by atoms with Gasteiger partial charge in [-0.05, 0) is 31.2 Å². The molecule has 1 aromatic rings. The van der Waals surface area contributed by atoms with Crippen molar-refractivity contribution in [1.82, 2.24) is 10.6 Å². The summed E-state index contributed by atoms with van der Waals surface area (Å²) in [7, 11) is 0. The first-order chi connectivity index (χ1) is 9.27. The lowest BCUT2D eigenvalue weighted by Crippen LogP contribution is -2.54. The molecule has 2 N–H and O–H groups in total. The number of nitrogens with one attached hydrogen (secondary N) is 2. The molecular weight excluding hydrogens is 236 g/mol. The molecule has 2 rings (SSSR count). The van der Waals surface area contributed by atoms with E-state index in [9.17, 15) is 4.79 Å². The maximum atomic E-state index is 12.0. The molecule has 1 saturated carbocycles. The molecule has 1 fully saturated rings. The van der Waals surface area contributed by atoms with Crippen LogP contribution in [0.5, 0.6) is 0 Å². The van der Waals surface area contributed by atoms with Gasteiger partial charge in [-0.3, -0.25) is 0 Å². The van der Waals surface area contributed by atoms with Crippen molar-refractivity contribution in [2.24, 2.45) is 0 Å². The molecule has 0 bridgehead atoms. The van der Waals surface area contributed by atoms with Crippen molar-refractivity contribution in [2.75, 3.05) is 6.54 Å². The largest absolute Gasteiger partial charge is 0.338 e. The van der Waals surface area contributed by atoms with Crippen LogP contribution in [0.3, 0.4) is 0 Å². The van der Waals surface area contributed by atoms with E-state index in [1.807, 2.05) is 18.2 Å². The molecule has 3 heteroatoms. The SMILES string of the molecule is CCCCCNC(=O)NC1(c2ccccc2)CCC1. The molecule has 0 unspecified atom stereocenters. The maximum absolute atomic E-state index is 12.0. The zero-order valence-electron chi connectivity index (χ0n) is 11.7. The van der Waals surface area contributed by atoms with Crippen LogP contribution >= 0.6 is 0 Å². The Morgan fingerprint density at radius 2 is 1.95 bits per heavy atom. The van der Waals surface area contributed by atoms with Crippen molar-refractivity contribution in [2.45, 2.75) is 51.0 Å². The fourth-order valence-corrected chi connectivity index (χ4v) is 2.61. The van der Waals surface area contributed by atoms with Crippen LogP contribution < -0.4 is 10.6 Å². The molecule has 0 spiro atoms. The maximum Gasteiger partial charge on any atom is 0.315 e. The van der Waals surface area contributed by atoms with Gasteiger partial charge in [0.2, 0.25) is 0 Å². The van der Waals surface area contributed by atoms with E-state index in [0.717, 1.165) is 25.8 Å². The molecule has 0 aromatic heterocycles. The molecule has 0 saturated heterocycles. The number of hydrogen-bond donors (Lipinski definition) is 2. The van der Waals surface area contributed by atoms with Crippen LogP contribution in [0, 0.1) is 0 Å². The van der Waals surface area contributed by atoms with Crippen molar-refractivity contribution in [1.29, 1.82) is 0 Å². The van der Waals surface area contributed by atoms with Crippen LogP contribution in [0.25, 0.3) is 0 Å². The third kappa shape index (κ3) is 3.49. The van der Waals surface area contributed by atoms with Crippen LogP contribution in [-0.2, 0) is 5.54 Å². The van der Waals surface area contributed by atoms with E-state index >= 15 is 0 Å². The molecule has 1 aromatic carbocycles. The number of benzene rings is 1. The lowest BCUT2D eigenvalue weighted by atomic mass is 9.72. The van der Waals surface area contributed by atoms with Crippen LogP contribution in [0.15, 0.2) is 30.3 Å². The summed E-state index contributed by atoms with van der Waals surface area (Å²) in [5.74, 6) is 0. The molecular formula is C16H24N2O. The smallest absolute Gasteiger partial charge is 0.315 e. The fraction of sp³-hybridized carbons (Fsp3) is 0.562. The van der Waals surface area contributed by atoms with Crippen molar-refractivity contribution in [3.8, 4) is 0 Å². The number of hydrogen-bond acceptors (Lipinski definition) is 1. The van der Waals surface area contributed by atoms with Gasteiger partial charge in [0.15, 0.2) is 0 Å². The second kappa shape index (κ2) is 6.60. The lowest BCUT2D eigenvalue weighted by Gasteiger charge is -2.43. The van der Waals surface area contributed by atoms with Gasteiger partial charge in [0, 0.05) is 6.54 Å². The van der Waals surface area contributed by atoms with Gasteiger partial charge in [0.25, 0.3) is 0 Å². The van der Waals surface area contributed by atoms with Crippen molar-refractivity contribution in [3.05, 3.63) is 35.9 Å². The predicted octanol–water partition coefficient (Wildman–Crippen LogP) is 3.56. The summed E-state index contributed by atoms with van der Waals surface area (Å²) >= 11 is 0. The second-order valence-electron chi connectivity index (χ2n) is 5.39. The summed E-state index contributed by atoms with van der Waals surface area (Å²) in [6.45, 7) is 2.93. The van der Waals surface area contributed by atoms with Gasteiger partial charge >= 0.3 is 6.03 Å². The molecule has 0 aliphatic heterocycles. The van der Waals surface area contributed by atoms with Crippen molar-refractivity contribution >= 4 is 6.03 Å². The van der Waals surface area contributed by atoms with Crippen molar-refractivity contribution < 1.29 is 4.79 Å². The highest BCUT2D eigenvalue weighted by molar-refractivity contribution is 5.75. The van der Waals surface area contributed by atoms with Gasteiger partial charge in [-0.1, -0.05) is 50.1 Å². The number of amides is 2. The van der Waals surface area contributed by atoms with Crippen LogP contribution in [0.2, 0.25) is 0 Å². The molecule has 1 aliphatic rings. The molecule has 1 aliphatic carbocycles. The number of rotatable bonds is 6.